The molecule has 4 heteroatoms. The Morgan fingerprint density at radius 1 is 1.42 bits per heavy atom. The van der Waals surface area contributed by atoms with Crippen molar-refractivity contribution in [3.63, 3.8) is 0 Å². The zero-order valence-corrected chi connectivity index (χ0v) is 12.2. The Labute approximate surface area is 115 Å². The van der Waals surface area contributed by atoms with Gasteiger partial charge in [-0.25, -0.2) is 0 Å². The normalized spacial score (nSPS) is 18.8. The number of methoxy groups -OCH3 is 2. The third kappa shape index (κ3) is 3.39. The lowest BCUT2D eigenvalue weighted by atomic mass is 10.1. The van der Waals surface area contributed by atoms with E-state index in [9.17, 15) is 0 Å². The van der Waals surface area contributed by atoms with E-state index in [0.29, 0.717) is 0 Å². The molecule has 0 saturated heterocycles. The molecule has 2 rings (SSSR count). The predicted octanol–water partition coefficient (Wildman–Crippen LogP) is 2.14. The molecule has 1 aliphatic heterocycles. The fourth-order valence-corrected chi connectivity index (χ4v) is 2.30. The number of ether oxygens (including phenoxy) is 3. The maximum absolute atomic E-state index is 5.79. The average Bonchev–Trinajstić information content (AvgIpc) is 2.76. The number of benzene rings is 1. The van der Waals surface area contributed by atoms with Crippen molar-refractivity contribution in [2.24, 2.45) is 0 Å². The molecule has 0 amide bonds. The second-order valence-corrected chi connectivity index (χ2v) is 5.08. The third-order valence-electron chi connectivity index (χ3n) is 3.45. The predicted molar refractivity (Wildman–Crippen MR) is 75.0 cm³/mol. The summed E-state index contributed by atoms with van der Waals surface area (Å²) in [6, 6.07) is 4.18. The first kappa shape index (κ1) is 14.2. The summed E-state index contributed by atoms with van der Waals surface area (Å²) in [5.41, 5.74) is 2.36. The van der Waals surface area contributed by atoms with Gasteiger partial charge in [0, 0.05) is 37.7 Å². The number of hydrogen-bond acceptors (Lipinski definition) is 4. The van der Waals surface area contributed by atoms with Crippen molar-refractivity contribution in [3.05, 3.63) is 23.3 Å². The summed E-state index contributed by atoms with van der Waals surface area (Å²) in [7, 11) is 3.43. The molecule has 2 atom stereocenters. The molecule has 0 aromatic heterocycles. The van der Waals surface area contributed by atoms with Crippen LogP contribution in [0.1, 0.15) is 25.0 Å². The van der Waals surface area contributed by atoms with Crippen molar-refractivity contribution in [2.75, 3.05) is 20.8 Å². The highest BCUT2D eigenvalue weighted by molar-refractivity contribution is 5.48. The van der Waals surface area contributed by atoms with E-state index in [2.05, 4.69) is 24.4 Å². The minimum absolute atomic E-state index is 0.205. The van der Waals surface area contributed by atoms with Gasteiger partial charge in [0.2, 0.25) is 0 Å². The first-order chi connectivity index (χ1) is 9.13. The molecule has 0 saturated carbocycles. The van der Waals surface area contributed by atoms with Gasteiger partial charge in [-0.2, -0.15) is 0 Å². The molecule has 1 heterocycles. The second kappa shape index (κ2) is 6.26. The highest BCUT2D eigenvalue weighted by atomic mass is 16.5. The molecule has 2 unspecified atom stereocenters. The molecule has 0 radical (unpaired) electrons. The van der Waals surface area contributed by atoms with Crippen LogP contribution in [-0.2, 0) is 17.7 Å². The standard InChI is InChI=1S/C15H23NO3/c1-10-5-12-6-14(18-4)13(7-15(12)19-10)9-16-8-11(2)17-3/h6-7,10-11,16H,5,8-9H2,1-4H3. The van der Waals surface area contributed by atoms with Crippen molar-refractivity contribution in [1.29, 1.82) is 0 Å². The topological polar surface area (TPSA) is 39.7 Å². The monoisotopic (exact) mass is 265 g/mol. The van der Waals surface area contributed by atoms with Gasteiger partial charge < -0.3 is 19.5 Å². The van der Waals surface area contributed by atoms with Gasteiger partial charge in [-0.05, 0) is 26.0 Å². The van der Waals surface area contributed by atoms with E-state index in [-0.39, 0.29) is 12.2 Å². The first-order valence-electron chi connectivity index (χ1n) is 6.74. The summed E-state index contributed by atoms with van der Waals surface area (Å²) in [4.78, 5) is 0. The molecule has 0 bridgehead atoms. The van der Waals surface area contributed by atoms with Crippen LogP contribution < -0.4 is 14.8 Å². The van der Waals surface area contributed by atoms with E-state index in [1.54, 1.807) is 14.2 Å². The highest BCUT2D eigenvalue weighted by Gasteiger charge is 2.21. The van der Waals surface area contributed by atoms with Crippen molar-refractivity contribution < 1.29 is 14.2 Å². The van der Waals surface area contributed by atoms with Crippen molar-refractivity contribution >= 4 is 0 Å². The van der Waals surface area contributed by atoms with Crippen LogP contribution in [0.15, 0.2) is 12.1 Å². The van der Waals surface area contributed by atoms with Crippen LogP contribution in [0.3, 0.4) is 0 Å². The SMILES string of the molecule is COc1cc2c(cc1CNCC(C)OC)OC(C)C2. The molecule has 1 aliphatic rings. The molecule has 19 heavy (non-hydrogen) atoms. The van der Waals surface area contributed by atoms with Gasteiger partial charge >= 0.3 is 0 Å². The Morgan fingerprint density at radius 3 is 2.89 bits per heavy atom. The Hall–Kier alpha value is -1.26. The van der Waals surface area contributed by atoms with Crippen molar-refractivity contribution in [1.82, 2.24) is 5.32 Å². The maximum Gasteiger partial charge on any atom is 0.123 e. The van der Waals surface area contributed by atoms with E-state index in [1.165, 1.54) is 5.56 Å². The zero-order valence-electron chi connectivity index (χ0n) is 12.2. The van der Waals surface area contributed by atoms with Gasteiger partial charge in [-0.15, -0.1) is 0 Å². The smallest absolute Gasteiger partial charge is 0.123 e. The minimum Gasteiger partial charge on any atom is -0.496 e. The summed E-state index contributed by atoms with van der Waals surface area (Å²) < 4.78 is 16.5. The lowest BCUT2D eigenvalue weighted by molar-refractivity contribution is 0.117. The van der Waals surface area contributed by atoms with Crippen LogP contribution in [0, 0.1) is 0 Å². The number of hydrogen-bond donors (Lipinski definition) is 1. The van der Waals surface area contributed by atoms with Crippen molar-refractivity contribution in [3.8, 4) is 11.5 Å². The summed E-state index contributed by atoms with van der Waals surface area (Å²) in [6.07, 6.45) is 1.42. The lowest BCUT2D eigenvalue weighted by Crippen LogP contribution is -2.25. The molecule has 0 fully saturated rings. The minimum atomic E-state index is 0.205. The van der Waals surface area contributed by atoms with Crippen LogP contribution in [-0.4, -0.2) is 33.0 Å². The molecule has 1 aromatic carbocycles. The summed E-state index contributed by atoms with van der Waals surface area (Å²) >= 11 is 0. The Balaban J connectivity index is 2.05. The quantitative estimate of drug-likeness (QED) is 0.855. The van der Waals surface area contributed by atoms with E-state index in [0.717, 1.165) is 36.6 Å². The highest BCUT2D eigenvalue weighted by Crippen LogP contribution is 2.34. The number of fused-ring (bicyclic) bond motifs is 1. The van der Waals surface area contributed by atoms with Crippen LogP contribution in [0.5, 0.6) is 11.5 Å². The molecular weight excluding hydrogens is 242 g/mol. The van der Waals surface area contributed by atoms with Gasteiger partial charge in [0.15, 0.2) is 0 Å². The van der Waals surface area contributed by atoms with Gasteiger partial charge in [0.05, 0.1) is 13.2 Å². The maximum atomic E-state index is 5.79. The average molecular weight is 265 g/mol. The molecular formula is C15H23NO3. The second-order valence-electron chi connectivity index (χ2n) is 5.08. The van der Waals surface area contributed by atoms with E-state index in [1.807, 2.05) is 6.92 Å². The molecule has 1 N–H and O–H groups in total. The van der Waals surface area contributed by atoms with E-state index < -0.39 is 0 Å². The van der Waals surface area contributed by atoms with Gasteiger partial charge in [0.25, 0.3) is 0 Å². The van der Waals surface area contributed by atoms with Crippen LogP contribution in [0.2, 0.25) is 0 Å². The fraction of sp³-hybridized carbons (Fsp3) is 0.600. The van der Waals surface area contributed by atoms with Gasteiger partial charge in [-0.1, -0.05) is 0 Å². The molecule has 4 nitrogen and oxygen atoms in total. The lowest BCUT2D eigenvalue weighted by Gasteiger charge is -2.14. The molecule has 1 aromatic rings. The van der Waals surface area contributed by atoms with E-state index >= 15 is 0 Å². The molecule has 0 aliphatic carbocycles. The summed E-state index contributed by atoms with van der Waals surface area (Å²) in [5.74, 6) is 1.92. The zero-order chi connectivity index (χ0) is 13.8. The fourth-order valence-electron chi connectivity index (χ4n) is 2.30. The van der Waals surface area contributed by atoms with Gasteiger partial charge in [0.1, 0.15) is 17.6 Å². The Morgan fingerprint density at radius 2 is 2.21 bits per heavy atom. The number of rotatable bonds is 6. The Bertz CT molecular complexity index is 434. The molecule has 0 spiro atoms. The number of nitrogens with one attached hydrogen (secondary N) is 1. The van der Waals surface area contributed by atoms with Crippen molar-refractivity contribution in [2.45, 2.75) is 39.0 Å². The van der Waals surface area contributed by atoms with Crippen LogP contribution in [0.4, 0.5) is 0 Å². The van der Waals surface area contributed by atoms with Crippen LogP contribution >= 0.6 is 0 Å². The first-order valence-corrected chi connectivity index (χ1v) is 6.74. The largest absolute Gasteiger partial charge is 0.496 e. The third-order valence-corrected chi connectivity index (χ3v) is 3.45. The van der Waals surface area contributed by atoms with Crippen LogP contribution in [0.25, 0.3) is 0 Å². The summed E-state index contributed by atoms with van der Waals surface area (Å²) in [6.45, 7) is 5.69. The summed E-state index contributed by atoms with van der Waals surface area (Å²) in [5, 5.41) is 3.37. The van der Waals surface area contributed by atoms with E-state index in [4.69, 9.17) is 14.2 Å². The molecule has 106 valence electrons. The Kier molecular flexibility index (Phi) is 4.66. The van der Waals surface area contributed by atoms with Gasteiger partial charge in [-0.3, -0.25) is 0 Å².